The molecule has 6 N–H and O–H groups in total. The first kappa shape index (κ1) is 14.3. The van der Waals surface area contributed by atoms with Crippen molar-refractivity contribution in [2.45, 2.75) is 18.9 Å². The van der Waals surface area contributed by atoms with Crippen LogP contribution >= 0.6 is 0 Å². The second kappa shape index (κ2) is 7.54. The van der Waals surface area contributed by atoms with Gasteiger partial charge in [0, 0.05) is 6.54 Å². The van der Waals surface area contributed by atoms with Gasteiger partial charge in [-0.2, -0.15) is 0 Å². The Bertz CT molecular complexity index is 280. The average Bonchev–Trinajstić information content (AvgIpc) is 2.21. The molecule has 1 atom stereocenters. The molecule has 0 fully saturated rings. The number of carbonyl (C=O) groups excluding carboxylic acids is 1. The Morgan fingerprint density at radius 2 is 2.25 bits per heavy atom. The Labute approximate surface area is 91.6 Å². The first-order valence-corrected chi connectivity index (χ1v) is 4.57. The number of carbonyl (C=O) groups is 1. The van der Waals surface area contributed by atoms with Gasteiger partial charge in [0.25, 0.3) is 5.96 Å². The standard InChI is InChI=1S/C7H15N5O4/c8-5(6(14)4-13)2-1-3-10-7(9)11-12(15)16/h5,13H,1-4,8H2,(H3,9,10,11)/t5-/m0/s1. The van der Waals surface area contributed by atoms with Gasteiger partial charge < -0.3 is 16.6 Å². The van der Waals surface area contributed by atoms with Crippen molar-refractivity contribution in [2.24, 2.45) is 16.5 Å². The largest absolute Gasteiger partial charge is 0.389 e. The van der Waals surface area contributed by atoms with E-state index in [1.807, 2.05) is 0 Å². The van der Waals surface area contributed by atoms with Gasteiger partial charge in [0.15, 0.2) is 10.8 Å². The fourth-order valence-electron chi connectivity index (χ4n) is 0.918. The van der Waals surface area contributed by atoms with Crippen molar-refractivity contribution in [3.05, 3.63) is 10.1 Å². The summed E-state index contributed by atoms with van der Waals surface area (Å²) in [6, 6.07) is -0.732. The predicted octanol–water partition coefficient (Wildman–Crippen LogP) is -2.25. The first-order chi connectivity index (χ1) is 7.47. The highest BCUT2D eigenvalue weighted by molar-refractivity contribution is 5.84. The van der Waals surface area contributed by atoms with Crippen molar-refractivity contribution in [2.75, 3.05) is 13.2 Å². The number of hydrazine groups is 1. The molecule has 0 saturated carbocycles. The molecule has 0 spiro atoms. The van der Waals surface area contributed by atoms with Gasteiger partial charge in [0.2, 0.25) is 0 Å². The lowest BCUT2D eigenvalue weighted by Gasteiger charge is -2.06. The molecule has 9 nitrogen and oxygen atoms in total. The molecule has 0 unspecified atom stereocenters. The van der Waals surface area contributed by atoms with Crippen molar-refractivity contribution in [3.8, 4) is 0 Å². The number of rotatable bonds is 7. The fraction of sp³-hybridized carbons (Fsp3) is 0.714. The molecule has 0 aliphatic heterocycles. The van der Waals surface area contributed by atoms with Crippen LogP contribution in [0.2, 0.25) is 0 Å². The second-order valence-corrected chi connectivity index (χ2v) is 3.01. The average molecular weight is 233 g/mol. The maximum Gasteiger partial charge on any atom is 0.251 e. The van der Waals surface area contributed by atoms with Crippen LogP contribution < -0.4 is 16.9 Å². The molecule has 0 bridgehead atoms. The molecule has 0 aromatic heterocycles. The summed E-state index contributed by atoms with van der Waals surface area (Å²) in [5, 5.41) is 17.6. The summed E-state index contributed by atoms with van der Waals surface area (Å²) >= 11 is 0. The second-order valence-electron chi connectivity index (χ2n) is 3.01. The first-order valence-electron chi connectivity index (χ1n) is 4.57. The third-order valence-corrected chi connectivity index (χ3v) is 1.73. The summed E-state index contributed by atoms with van der Waals surface area (Å²) in [4.78, 5) is 24.4. The van der Waals surface area contributed by atoms with Gasteiger partial charge in [-0.1, -0.05) is 5.43 Å². The van der Waals surface area contributed by atoms with Gasteiger partial charge in [-0.3, -0.25) is 4.79 Å². The zero-order chi connectivity index (χ0) is 12.6. The predicted molar refractivity (Wildman–Crippen MR) is 55.9 cm³/mol. The molecule has 0 heterocycles. The topological polar surface area (TPSA) is 157 Å². The van der Waals surface area contributed by atoms with Crippen LogP contribution in [0.1, 0.15) is 12.8 Å². The zero-order valence-corrected chi connectivity index (χ0v) is 8.63. The van der Waals surface area contributed by atoms with E-state index in [-0.39, 0.29) is 12.5 Å². The Hall–Kier alpha value is -1.74. The van der Waals surface area contributed by atoms with E-state index in [9.17, 15) is 14.9 Å². The third-order valence-electron chi connectivity index (χ3n) is 1.73. The van der Waals surface area contributed by atoms with E-state index in [1.165, 1.54) is 0 Å². The van der Waals surface area contributed by atoms with E-state index in [4.69, 9.17) is 16.6 Å². The molecule has 0 aliphatic rings. The summed E-state index contributed by atoms with van der Waals surface area (Å²) in [5.74, 6) is -0.743. The molecule has 0 amide bonds. The number of nitrogens with two attached hydrogens (primary N) is 2. The molecular formula is C7H15N5O4. The van der Waals surface area contributed by atoms with Crippen molar-refractivity contribution in [1.82, 2.24) is 5.43 Å². The van der Waals surface area contributed by atoms with Crippen LogP contribution in [0, 0.1) is 10.1 Å². The molecule has 0 aromatic rings. The van der Waals surface area contributed by atoms with E-state index in [2.05, 4.69) is 4.99 Å². The van der Waals surface area contributed by atoms with Crippen LogP contribution in [0.15, 0.2) is 4.99 Å². The van der Waals surface area contributed by atoms with E-state index in [1.54, 1.807) is 5.43 Å². The quantitative estimate of drug-likeness (QED) is 0.127. The number of nitrogens with one attached hydrogen (secondary N) is 1. The van der Waals surface area contributed by atoms with Gasteiger partial charge in [0.1, 0.15) is 6.61 Å². The van der Waals surface area contributed by atoms with Crippen molar-refractivity contribution < 1.29 is 14.9 Å². The Balaban J connectivity index is 3.74. The lowest BCUT2D eigenvalue weighted by Crippen LogP contribution is -2.36. The lowest BCUT2D eigenvalue weighted by molar-refractivity contribution is -0.525. The summed E-state index contributed by atoms with van der Waals surface area (Å²) in [7, 11) is 0. The number of aliphatic hydroxyl groups excluding tert-OH is 1. The number of nitro groups is 1. The van der Waals surface area contributed by atoms with Crippen LogP contribution in [-0.2, 0) is 4.79 Å². The highest BCUT2D eigenvalue weighted by atomic mass is 16.7. The number of hydrogen-bond acceptors (Lipinski definition) is 6. The Morgan fingerprint density at radius 1 is 1.62 bits per heavy atom. The van der Waals surface area contributed by atoms with Crippen LogP contribution in [0.4, 0.5) is 0 Å². The highest BCUT2D eigenvalue weighted by Crippen LogP contribution is 1.96. The normalized spacial score (nSPS) is 13.2. The van der Waals surface area contributed by atoms with Crippen molar-refractivity contribution in [1.29, 1.82) is 0 Å². The smallest absolute Gasteiger partial charge is 0.251 e. The lowest BCUT2D eigenvalue weighted by atomic mass is 10.1. The number of guanidine groups is 1. The van der Waals surface area contributed by atoms with Crippen molar-refractivity contribution >= 4 is 11.7 Å². The van der Waals surface area contributed by atoms with Gasteiger partial charge in [-0.15, -0.1) is 0 Å². The van der Waals surface area contributed by atoms with E-state index in [0.29, 0.717) is 12.8 Å². The maximum atomic E-state index is 10.8. The molecule has 0 aromatic carbocycles. The maximum absolute atomic E-state index is 10.8. The van der Waals surface area contributed by atoms with Crippen LogP contribution in [0.3, 0.4) is 0 Å². The van der Waals surface area contributed by atoms with Crippen LogP contribution in [-0.4, -0.2) is 41.1 Å². The van der Waals surface area contributed by atoms with Gasteiger partial charge in [-0.25, -0.2) is 15.1 Å². The Kier molecular flexibility index (Phi) is 6.72. The van der Waals surface area contributed by atoms with Crippen LogP contribution in [0.5, 0.6) is 0 Å². The zero-order valence-electron chi connectivity index (χ0n) is 8.63. The summed E-state index contributed by atoms with van der Waals surface area (Å²) in [6.45, 7) is -0.367. The molecule has 0 rings (SSSR count). The van der Waals surface area contributed by atoms with Gasteiger partial charge >= 0.3 is 0 Å². The minimum absolute atomic E-state index is 0.221. The number of aliphatic imine (C=N–C) groups is 1. The number of Topliss-reactive ketones (excluding diaryl/α,β-unsaturated/α-hetero) is 1. The third kappa shape index (κ3) is 6.68. The molecule has 92 valence electrons. The number of hydrogen-bond donors (Lipinski definition) is 4. The summed E-state index contributed by atoms with van der Waals surface area (Å²) < 4.78 is 0. The molecule has 9 heteroatoms. The van der Waals surface area contributed by atoms with Crippen LogP contribution in [0.25, 0.3) is 0 Å². The van der Waals surface area contributed by atoms with Crippen molar-refractivity contribution in [3.63, 3.8) is 0 Å². The molecule has 0 aliphatic carbocycles. The Morgan fingerprint density at radius 3 is 2.75 bits per heavy atom. The molecule has 0 radical (unpaired) electrons. The molecular weight excluding hydrogens is 218 g/mol. The number of ketones is 1. The minimum atomic E-state index is -0.820. The van der Waals surface area contributed by atoms with E-state index in [0.717, 1.165) is 0 Å². The monoisotopic (exact) mass is 233 g/mol. The molecule has 16 heavy (non-hydrogen) atoms. The number of nitrogens with zero attached hydrogens (tertiary/aromatic N) is 2. The minimum Gasteiger partial charge on any atom is -0.389 e. The summed E-state index contributed by atoms with van der Waals surface area (Å²) in [6.07, 6.45) is 0.793. The van der Waals surface area contributed by atoms with E-state index >= 15 is 0 Å². The summed E-state index contributed by atoms with van der Waals surface area (Å²) in [5.41, 5.74) is 12.2. The highest BCUT2D eigenvalue weighted by Gasteiger charge is 2.10. The fourth-order valence-corrected chi connectivity index (χ4v) is 0.918. The SMILES string of the molecule is NC(=NCCC[C@H](N)C(=O)CO)N[N+](=O)[O-]. The number of aliphatic hydroxyl groups is 1. The van der Waals surface area contributed by atoms with Gasteiger partial charge in [0.05, 0.1) is 6.04 Å². The van der Waals surface area contributed by atoms with E-state index < -0.39 is 23.5 Å². The van der Waals surface area contributed by atoms with Gasteiger partial charge in [-0.05, 0) is 12.8 Å². The molecule has 0 saturated heterocycles.